The van der Waals surface area contributed by atoms with E-state index in [2.05, 4.69) is 46.8 Å². The normalized spacial score (nSPS) is 16.7. The molecule has 196 valence electrons. The number of hydrogen-bond acceptors (Lipinski definition) is 5. The van der Waals surface area contributed by atoms with E-state index in [0.717, 1.165) is 70.4 Å². The minimum Gasteiger partial charge on any atom is -0.379 e. The van der Waals surface area contributed by atoms with Crippen molar-refractivity contribution in [3.8, 4) is 0 Å². The summed E-state index contributed by atoms with van der Waals surface area (Å²) in [6.07, 6.45) is 5.95. The summed E-state index contributed by atoms with van der Waals surface area (Å²) in [4.78, 5) is 33.8. The maximum atomic E-state index is 12.4. The third kappa shape index (κ3) is 8.80. The zero-order valence-electron chi connectivity index (χ0n) is 20.9. The van der Waals surface area contributed by atoms with E-state index >= 15 is 0 Å². The van der Waals surface area contributed by atoms with Crippen LogP contribution in [0.2, 0.25) is 0 Å². The molecular weight excluding hydrogens is 478 g/mol. The lowest BCUT2D eigenvalue weighted by atomic mass is 10.0. The number of amides is 2. The quantitative estimate of drug-likeness (QED) is 0.422. The number of aryl methyl sites for hydroxylation is 2. The first-order valence-electron chi connectivity index (χ1n) is 12.9. The molecule has 2 saturated heterocycles. The molecule has 36 heavy (non-hydrogen) atoms. The van der Waals surface area contributed by atoms with Crippen molar-refractivity contribution in [2.75, 3.05) is 39.4 Å². The van der Waals surface area contributed by atoms with Crippen molar-refractivity contribution in [1.29, 1.82) is 0 Å². The van der Waals surface area contributed by atoms with Gasteiger partial charge < -0.3 is 14.5 Å². The molecule has 0 atom stereocenters. The van der Waals surface area contributed by atoms with E-state index in [4.69, 9.17) is 9.57 Å². The predicted octanol–water partition coefficient (Wildman–Crippen LogP) is 4.18. The zero-order valence-corrected chi connectivity index (χ0v) is 21.7. The van der Waals surface area contributed by atoms with Gasteiger partial charge in [-0.25, -0.2) is 4.79 Å². The van der Waals surface area contributed by atoms with Crippen molar-refractivity contribution in [2.24, 2.45) is 0 Å². The number of halogens is 1. The summed E-state index contributed by atoms with van der Waals surface area (Å²) in [7, 11) is 0. The number of piperidine rings is 1. The fourth-order valence-electron chi connectivity index (χ4n) is 4.87. The van der Waals surface area contributed by atoms with Crippen LogP contribution in [0.25, 0.3) is 0 Å². The van der Waals surface area contributed by atoms with Crippen molar-refractivity contribution in [3.63, 3.8) is 0 Å². The third-order valence-electron chi connectivity index (χ3n) is 6.95. The maximum absolute atomic E-state index is 12.4. The number of carbonyl (C=O) groups excluding carboxylic acids is 2. The van der Waals surface area contributed by atoms with Crippen LogP contribution in [0.3, 0.4) is 0 Å². The molecular formula is C28H38ClN3O4. The van der Waals surface area contributed by atoms with Gasteiger partial charge in [-0.05, 0) is 55.2 Å². The summed E-state index contributed by atoms with van der Waals surface area (Å²) in [6, 6.07) is 19.2. The van der Waals surface area contributed by atoms with E-state index in [1.165, 1.54) is 11.1 Å². The number of morpholine rings is 1. The van der Waals surface area contributed by atoms with Crippen LogP contribution in [-0.4, -0.2) is 67.2 Å². The highest BCUT2D eigenvalue weighted by molar-refractivity contribution is 5.85. The molecule has 0 aromatic heterocycles. The Labute approximate surface area is 220 Å². The molecule has 7 nitrogen and oxygen atoms in total. The first-order chi connectivity index (χ1) is 17.2. The fourth-order valence-corrected chi connectivity index (χ4v) is 4.87. The summed E-state index contributed by atoms with van der Waals surface area (Å²) in [5.74, 6) is -0.322. The maximum Gasteiger partial charge on any atom is 0.434 e. The molecule has 0 saturated carbocycles. The van der Waals surface area contributed by atoms with Gasteiger partial charge in [0.2, 0.25) is 0 Å². The van der Waals surface area contributed by atoms with Gasteiger partial charge in [0.15, 0.2) is 0 Å². The molecule has 8 heteroatoms. The smallest absolute Gasteiger partial charge is 0.379 e. The Kier molecular flexibility index (Phi) is 11.5. The molecule has 1 N–H and O–H groups in total. The highest BCUT2D eigenvalue weighted by Crippen LogP contribution is 2.18. The van der Waals surface area contributed by atoms with Gasteiger partial charge in [0.25, 0.3) is 5.91 Å². The fraction of sp³-hybridized carbons (Fsp3) is 0.500. The molecule has 0 radical (unpaired) electrons. The van der Waals surface area contributed by atoms with Crippen LogP contribution in [0.1, 0.15) is 42.4 Å². The van der Waals surface area contributed by atoms with Crippen molar-refractivity contribution in [3.05, 3.63) is 71.3 Å². The van der Waals surface area contributed by atoms with Gasteiger partial charge in [0.1, 0.15) is 0 Å². The molecule has 0 spiro atoms. The van der Waals surface area contributed by atoms with Crippen LogP contribution in [-0.2, 0) is 33.6 Å². The number of hydroxylamine groups is 1. The number of nitrogens with zero attached hydrogens (tertiary/aromatic N) is 2. The zero-order chi connectivity index (χ0) is 24.3. The topological polar surface area (TPSA) is 71.1 Å². The number of unbranched alkanes of at least 4 members (excludes halogenated alkanes) is 1. The van der Waals surface area contributed by atoms with Crippen molar-refractivity contribution in [2.45, 2.75) is 51.0 Å². The molecule has 0 bridgehead atoms. The largest absolute Gasteiger partial charge is 0.434 e. The lowest BCUT2D eigenvalue weighted by Gasteiger charge is -2.39. The van der Waals surface area contributed by atoms with Gasteiger partial charge in [0, 0.05) is 32.2 Å². The van der Waals surface area contributed by atoms with Crippen LogP contribution in [0, 0.1) is 0 Å². The average molecular weight is 516 g/mol. The Morgan fingerprint density at radius 2 is 1.42 bits per heavy atom. The van der Waals surface area contributed by atoms with Crippen molar-refractivity contribution < 1.29 is 19.2 Å². The number of hydrogen-bond donors (Lipinski definition) is 1. The monoisotopic (exact) mass is 515 g/mol. The highest BCUT2D eigenvalue weighted by atomic mass is 35.5. The number of likely N-dealkylation sites (tertiary alicyclic amines) is 1. The van der Waals surface area contributed by atoms with E-state index < -0.39 is 6.09 Å². The van der Waals surface area contributed by atoms with Crippen LogP contribution >= 0.6 is 12.4 Å². The Bertz CT molecular complexity index is 928. The van der Waals surface area contributed by atoms with Gasteiger partial charge in [-0.15, -0.1) is 12.4 Å². The molecule has 2 heterocycles. The lowest BCUT2D eigenvalue weighted by molar-refractivity contribution is -0.129. The SMILES string of the molecule is Cl.O=C(Cc1ccc(CCCCc2ccccc2)cc1)NOC(=O)N1CCC(N2CCOCC2)CC1. The van der Waals surface area contributed by atoms with E-state index in [1.54, 1.807) is 4.90 Å². The predicted molar refractivity (Wildman–Crippen MR) is 142 cm³/mol. The van der Waals surface area contributed by atoms with Crippen LogP contribution in [0.5, 0.6) is 0 Å². The van der Waals surface area contributed by atoms with Crippen molar-refractivity contribution in [1.82, 2.24) is 15.3 Å². The van der Waals surface area contributed by atoms with E-state index in [-0.39, 0.29) is 24.7 Å². The summed E-state index contributed by atoms with van der Waals surface area (Å²) in [5, 5.41) is 0. The van der Waals surface area contributed by atoms with E-state index in [9.17, 15) is 9.59 Å². The van der Waals surface area contributed by atoms with Gasteiger partial charge in [-0.2, -0.15) is 5.48 Å². The standard InChI is InChI=1S/C28H37N3O4.ClH/c32-27(29-35-28(33)31-16-14-26(15-17-31)30-18-20-34-21-19-30)22-25-12-10-24(11-13-25)9-5-4-8-23-6-2-1-3-7-23;/h1-3,6-7,10-13,26H,4-5,8-9,14-22H2,(H,29,32);1H. The Hall–Kier alpha value is -2.61. The minimum atomic E-state index is -0.482. The summed E-state index contributed by atoms with van der Waals surface area (Å²) in [6.45, 7) is 4.77. The summed E-state index contributed by atoms with van der Waals surface area (Å²) >= 11 is 0. The first kappa shape index (κ1) is 28.0. The molecule has 0 aliphatic carbocycles. The second kappa shape index (κ2) is 14.8. The van der Waals surface area contributed by atoms with Gasteiger partial charge in [-0.3, -0.25) is 9.69 Å². The molecule has 2 aliphatic rings. The molecule has 2 aliphatic heterocycles. The van der Waals surface area contributed by atoms with Crippen molar-refractivity contribution >= 4 is 24.4 Å². The number of carbonyl (C=O) groups is 2. The molecule has 0 unspecified atom stereocenters. The third-order valence-corrected chi connectivity index (χ3v) is 6.95. The molecule has 2 aromatic carbocycles. The minimum absolute atomic E-state index is 0. The van der Waals surface area contributed by atoms with Crippen LogP contribution < -0.4 is 5.48 Å². The van der Waals surface area contributed by atoms with Crippen LogP contribution in [0.15, 0.2) is 54.6 Å². The second-order valence-electron chi connectivity index (χ2n) is 9.45. The number of benzene rings is 2. The van der Waals surface area contributed by atoms with E-state index in [1.807, 2.05) is 18.2 Å². The van der Waals surface area contributed by atoms with Crippen LogP contribution in [0.4, 0.5) is 4.79 Å². The number of rotatable bonds is 8. The second-order valence-corrected chi connectivity index (χ2v) is 9.45. The average Bonchev–Trinajstić information content (AvgIpc) is 2.92. The lowest BCUT2D eigenvalue weighted by Crippen LogP contribution is -2.50. The van der Waals surface area contributed by atoms with Gasteiger partial charge in [-0.1, -0.05) is 54.6 Å². The molecule has 4 rings (SSSR count). The molecule has 2 fully saturated rings. The Balaban J connectivity index is 0.00000361. The summed E-state index contributed by atoms with van der Waals surface area (Å²) < 4.78 is 5.42. The highest BCUT2D eigenvalue weighted by Gasteiger charge is 2.28. The molecule has 2 amide bonds. The van der Waals surface area contributed by atoms with Gasteiger partial charge in [0.05, 0.1) is 19.6 Å². The number of nitrogens with one attached hydrogen (secondary N) is 1. The molecule has 2 aromatic rings. The first-order valence-corrected chi connectivity index (χ1v) is 12.9. The van der Waals surface area contributed by atoms with Gasteiger partial charge >= 0.3 is 6.09 Å². The van der Waals surface area contributed by atoms with E-state index in [0.29, 0.717) is 19.1 Å². The Morgan fingerprint density at radius 3 is 2.06 bits per heavy atom. The number of ether oxygens (including phenoxy) is 1. The Morgan fingerprint density at radius 1 is 0.833 bits per heavy atom. The summed E-state index contributed by atoms with van der Waals surface area (Å²) in [5.41, 5.74) is 5.87.